The van der Waals surface area contributed by atoms with E-state index in [0.29, 0.717) is 4.47 Å². The summed E-state index contributed by atoms with van der Waals surface area (Å²) in [5.41, 5.74) is 0.238. The number of carbonyl (C=O) groups is 1. The Morgan fingerprint density at radius 1 is 1.41 bits per heavy atom. The molecular formula is C11H9BrF3NO. The molecule has 1 saturated carbocycles. The Labute approximate surface area is 104 Å². The normalized spacial score (nSPS) is 18.6. The average Bonchev–Trinajstić information content (AvgIpc) is 2.14. The van der Waals surface area contributed by atoms with E-state index in [-0.39, 0.29) is 18.4 Å². The Balaban J connectivity index is 2.01. The van der Waals surface area contributed by atoms with Crippen LogP contribution >= 0.6 is 15.9 Å². The molecule has 1 amide bonds. The lowest BCUT2D eigenvalue weighted by atomic mass is 9.88. The Morgan fingerprint density at radius 3 is 2.59 bits per heavy atom. The molecule has 6 heteroatoms. The molecule has 1 aromatic carbocycles. The van der Waals surface area contributed by atoms with Gasteiger partial charge < -0.3 is 5.32 Å². The van der Waals surface area contributed by atoms with E-state index in [4.69, 9.17) is 0 Å². The van der Waals surface area contributed by atoms with E-state index in [1.54, 1.807) is 0 Å². The minimum Gasteiger partial charge on any atom is -0.349 e. The van der Waals surface area contributed by atoms with Gasteiger partial charge in [-0.15, -0.1) is 0 Å². The number of rotatable bonds is 2. The number of halogens is 4. The van der Waals surface area contributed by atoms with Gasteiger partial charge in [0.25, 0.3) is 11.8 Å². The first-order valence-electron chi connectivity index (χ1n) is 5.01. The van der Waals surface area contributed by atoms with Gasteiger partial charge >= 0.3 is 0 Å². The van der Waals surface area contributed by atoms with Gasteiger partial charge in [-0.25, -0.2) is 13.2 Å². The van der Waals surface area contributed by atoms with Crippen LogP contribution in [-0.2, 0) is 0 Å². The summed E-state index contributed by atoms with van der Waals surface area (Å²) >= 11 is 3.05. The van der Waals surface area contributed by atoms with Crippen molar-refractivity contribution in [2.75, 3.05) is 0 Å². The molecule has 0 spiro atoms. The van der Waals surface area contributed by atoms with E-state index in [0.717, 1.165) is 12.1 Å². The van der Waals surface area contributed by atoms with Crippen LogP contribution < -0.4 is 5.32 Å². The number of nitrogens with one attached hydrogen (secondary N) is 1. The summed E-state index contributed by atoms with van der Waals surface area (Å²) in [6.07, 6.45) is -0.672. The lowest BCUT2D eigenvalue weighted by molar-refractivity contribution is -0.0901. The fraction of sp³-hybridized carbons (Fsp3) is 0.364. The number of carbonyl (C=O) groups excluding carboxylic acids is 1. The van der Waals surface area contributed by atoms with Crippen molar-refractivity contribution >= 4 is 21.8 Å². The van der Waals surface area contributed by atoms with Crippen LogP contribution in [0.2, 0.25) is 0 Å². The van der Waals surface area contributed by atoms with Gasteiger partial charge in [0.05, 0.1) is 5.56 Å². The zero-order valence-electron chi connectivity index (χ0n) is 8.64. The molecule has 0 radical (unpaired) electrons. The minimum absolute atomic E-state index is 0.238. The first kappa shape index (κ1) is 12.4. The predicted octanol–water partition coefficient (Wildman–Crippen LogP) is 3.12. The second-order valence-electron chi connectivity index (χ2n) is 4.06. The van der Waals surface area contributed by atoms with Gasteiger partial charge in [-0.2, -0.15) is 0 Å². The number of hydrogen-bond acceptors (Lipinski definition) is 1. The summed E-state index contributed by atoms with van der Waals surface area (Å²) in [5.74, 6) is -3.61. The molecule has 0 aromatic heterocycles. The highest BCUT2D eigenvalue weighted by Crippen LogP contribution is 2.37. The molecule has 0 aliphatic heterocycles. The molecule has 0 atom stereocenters. The first-order chi connectivity index (χ1) is 7.87. The third-order valence-corrected chi connectivity index (χ3v) is 3.26. The Hall–Kier alpha value is -1.04. The summed E-state index contributed by atoms with van der Waals surface area (Å²) in [4.78, 5) is 11.7. The molecule has 0 saturated heterocycles. The number of hydrogen-bond donors (Lipinski definition) is 1. The molecule has 2 nitrogen and oxygen atoms in total. The van der Waals surface area contributed by atoms with Crippen LogP contribution in [0, 0.1) is 5.82 Å². The quantitative estimate of drug-likeness (QED) is 0.893. The Morgan fingerprint density at radius 2 is 2.06 bits per heavy atom. The van der Waals surface area contributed by atoms with Crippen molar-refractivity contribution in [2.45, 2.75) is 24.8 Å². The van der Waals surface area contributed by atoms with Crippen LogP contribution in [0.25, 0.3) is 0 Å². The van der Waals surface area contributed by atoms with Crippen LogP contribution in [0.3, 0.4) is 0 Å². The zero-order chi connectivity index (χ0) is 12.6. The van der Waals surface area contributed by atoms with Crippen molar-refractivity contribution in [3.05, 3.63) is 34.1 Å². The third kappa shape index (κ3) is 2.80. The Bertz CT molecular complexity index is 456. The van der Waals surface area contributed by atoms with E-state index in [9.17, 15) is 18.0 Å². The maximum Gasteiger partial charge on any atom is 0.252 e. The fourth-order valence-corrected chi connectivity index (χ4v) is 2.23. The summed E-state index contributed by atoms with van der Waals surface area (Å²) in [5, 5.41) is 2.48. The molecule has 1 fully saturated rings. The van der Waals surface area contributed by atoms with Gasteiger partial charge in [-0.3, -0.25) is 4.79 Å². The first-order valence-corrected chi connectivity index (χ1v) is 5.80. The maximum atomic E-state index is 12.8. The standard InChI is InChI=1S/C11H9BrF3NO/c12-9-3-6(13)1-2-8(9)10(17)16-7-4-11(14,15)5-7/h1-3,7H,4-5H2,(H,16,17). The topological polar surface area (TPSA) is 29.1 Å². The molecule has 2 rings (SSSR count). The van der Waals surface area contributed by atoms with Gasteiger partial charge in [0.15, 0.2) is 0 Å². The van der Waals surface area contributed by atoms with Crippen molar-refractivity contribution in [1.29, 1.82) is 0 Å². The van der Waals surface area contributed by atoms with Crippen molar-refractivity contribution in [3.63, 3.8) is 0 Å². The Kier molecular flexibility index (Phi) is 3.16. The fourth-order valence-electron chi connectivity index (χ4n) is 1.70. The molecular weight excluding hydrogens is 299 g/mol. The molecule has 1 aromatic rings. The summed E-state index contributed by atoms with van der Waals surface area (Å²) < 4.78 is 38.2. The van der Waals surface area contributed by atoms with E-state index in [1.807, 2.05) is 0 Å². The van der Waals surface area contributed by atoms with Gasteiger partial charge in [0, 0.05) is 23.4 Å². The lowest BCUT2D eigenvalue weighted by Crippen LogP contribution is -2.50. The molecule has 1 aliphatic carbocycles. The monoisotopic (exact) mass is 307 g/mol. The summed E-state index contributed by atoms with van der Waals surface area (Å²) in [7, 11) is 0. The molecule has 0 heterocycles. The maximum absolute atomic E-state index is 12.8. The minimum atomic E-state index is -2.67. The zero-order valence-corrected chi connectivity index (χ0v) is 10.2. The van der Waals surface area contributed by atoms with Crippen LogP contribution in [0.15, 0.2) is 22.7 Å². The van der Waals surface area contributed by atoms with E-state index < -0.39 is 23.7 Å². The van der Waals surface area contributed by atoms with Gasteiger partial charge in [0.1, 0.15) is 5.82 Å². The molecule has 1 aliphatic rings. The number of alkyl halides is 2. The van der Waals surface area contributed by atoms with Gasteiger partial charge in [-0.05, 0) is 34.1 Å². The second kappa shape index (κ2) is 4.33. The van der Waals surface area contributed by atoms with Crippen LogP contribution in [0.4, 0.5) is 13.2 Å². The largest absolute Gasteiger partial charge is 0.349 e. The molecule has 1 N–H and O–H groups in total. The van der Waals surface area contributed by atoms with Crippen LogP contribution in [-0.4, -0.2) is 17.9 Å². The highest BCUT2D eigenvalue weighted by atomic mass is 79.9. The van der Waals surface area contributed by atoms with Gasteiger partial charge in [-0.1, -0.05) is 0 Å². The molecule has 92 valence electrons. The predicted molar refractivity (Wildman–Crippen MR) is 59.5 cm³/mol. The van der Waals surface area contributed by atoms with Crippen molar-refractivity contribution in [1.82, 2.24) is 5.32 Å². The van der Waals surface area contributed by atoms with Crippen LogP contribution in [0.5, 0.6) is 0 Å². The van der Waals surface area contributed by atoms with Crippen molar-refractivity contribution in [2.24, 2.45) is 0 Å². The van der Waals surface area contributed by atoms with Crippen LogP contribution in [0.1, 0.15) is 23.2 Å². The van der Waals surface area contributed by atoms with Crippen molar-refractivity contribution < 1.29 is 18.0 Å². The summed E-state index contributed by atoms with van der Waals surface area (Å²) in [6, 6.07) is 3.11. The van der Waals surface area contributed by atoms with E-state index >= 15 is 0 Å². The highest BCUT2D eigenvalue weighted by molar-refractivity contribution is 9.10. The SMILES string of the molecule is O=C(NC1CC(F)(F)C1)c1ccc(F)cc1Br. The van der Waals surface area contributed by atoms with Gasteiger partial charge in [0.2, 0.25) is 0 Å². The molecule has 0 unspecified atom stereocenters. The smallest absolute Gasteiger partial charge is 0.252 e. The van der Waals surface area contributed by atoms with E-state index in [1.165, 1.54) is 6.07 Å². The lowest BCUT2D eigenvalue weighted by Gasteiger charge is -2.35. The second-order valence-corrected chi connectivity index (χ2v) is 4.91. The average molecular weight is 308 g/mol. The molecule has 0 bridgehead atoms. The van der Waals surface area contributed by atoms with E-state index in [2.05, 4.69) is 21.2 Å². The number of benzene rings is 1. The number of amides is 1. The van der Waals surface area contributed by atoms with Crippen molar-refractivity contribution in [3.8, 4) is 0 Å². The highest BCUT2D eigenvalue weighted by Gasteiger charge is 2.46. The molecule has 17 heavy (non-hydrogen) atoms. The summed E-state index contributed by atoms with van der Waals surface area (Å²) in [6.45, 7) is 0. The third-order valence-electron chi connectivity index (χ3n) is 2.60.